The summed E-state index contributed by atoms with van der Waals surface area (Å²) >= 11 is 0. The van der Waals surface area contributed by atoms with Crippen LogP contribution in [-0.2, 0) is 14.3 Å². The van der Waals surface area contributed by atoms with Gasteiger partial charge in [-0.05, 0) is 27.7 Å². The third kappa shape index (κ3) is 2.29. The zero-order valence-corrected chi connectivity index (χ0v) is 13.4. The summed E-state index contributed by atoms with van der Waals surface area (Å²) in [6, 6.07) is 0. The van der Waals surface area contributed by atoms with E-state index >= 15 is 0 Å². The Morgan fingerprint density at radius 3 is 2.55 bits per heavy atom. The molecular formula is C16H24O6. The summed E-state index contributed by atoms with van der Waals surface area (Å²) in [4.78, 5) is 12.3. The van der Waals surface area contributed by atoms with Gasteiger partial charge in [0.25, 0.3) is 0 Å². The van der Waals surface area contributed by atoms with Crippen molar-refractivity contribution in [1.29, 1.82) is 0 Å². The fraction of sp³-hybridized carbons (Fsp3) is 0.812. The molecule has 4 atom stereocenters. The number of Topliss-reactive ketones (excluding diaryl/α,β-unsaturated/α-hetero) is 1. The van der Waals surface area contributed by atoms with Crippen LogP contribution in [0.15, 0.2) is 11.3 Å². The molecule has 0 amide bonds. The molecule has 0 aromatic carbocycles. The molecule has 0 aromatic heterocycles. The van der Waals surface area contributed by atoms with Crippen LogP contribution in [0, 0.1) is 0 Å². The fourth-order valence-electron chi connectivity index (χ4n) is 3.60. The minimum absolute atomic E-state index is 0.0809. The van der Waals surface area contributed by atoms with Gasteiger partial charge in [-0.25, -0.2) is 0 Å². The highest BCUT2D eigenvalue weighted by Gasteiger charge is 2.60. The van der Waals surface area contributed by atoms with E-state index in [1.54, 1.807) is 27.7 Å². The van der Waals surface area contributed by atoms with E-state index in [0.717, 1.165) is 0 Å². The highest BCUT2D eigenvalue weighted by Crippen LogP contribution is 2.48. The van der Waals surface area contributed by atoms with Gasteiger partial charge in [0, 0.05) is 18.4 Å². The second-order valence-electron chi connectivity index (χ2n) is 7.87. The van der Waals surface area contributed by atoms with Crippen molar-refractivity contribution in [3.8, 4) is 0 Å². The van der Waals surface area contributed by atoms with Gasteiger partial charge in [-0.2, -0.15) is 0 Å². The van der Waals surface area contributed by atoms with Gasteiger partial charge in [0.15, 0.2) is 5.78 Å². The van der Waals surface area contributed by atoms with E-state index in [2.05, 4.69) is 0 Å². The summed E-state index contributed by atoms with van der Waals surface area (Å²) < 4.78 is 11.5. The van der Waals surface area contributed by atoms with E-state index < -0.39 is 35.1 Å². The number of ketones is 1. The van der Waals surface area contributed by atoms with Crippen LogP contribution in [0.2, 0.25) is 0 Å². The molecule has 0 radical (unpaired) electrons. The number of aliphatic hydroxyl groups is 3. The van der Waals surface area contributed by atoms with E-state index in [1.807, 2.05) is 0 Å². The molecule has 1 aliphatic carbocycles. The van der Waals surface area contributed by atoms with Gasteiger partial charge in [0.05, 0.1) is 24.2 Å². The molecule has 2 aliphatic heterocycles. The third-order valence-corrected chi connectivity index (χ3v) is 4.90. The van der Waals surface area contributed by atoms with Gasteiger partial charge in [0.1, 0.15) is 23.1 Å². The summed E-state index contributed by atoms with van der Waals surface area (Å²) in [5.74, 6) is 0.0858. The van der Waals surface area contributed by atoms with E-state index in [9.17, 15) is 20.1 Å². The first-order chi connectivity index (χ1) is 9.94. The highest BCUT2D eigenvalue weighted by atomic mass is 16.6. The highest BCUT2D eigenvalue weighted by molar-refractivity contribution is 5.97. The summed E-state index contributed by atoms with van der Waals surface area (Å²) in [5.41, 5.74) is -2.98. The van der Waals surface area contributed by atoms with Crippen molar-refractivity contribution < 1.29 is 29.6 Å². The van der Waals surface area contributed by atoms with E-state index in [-0.39, 0.29) is 30.8 Å². The minimum atomic E-state index is -1.54. The number of ether oxygens (including phenoxy) is 2. The number of aliphatic hydroxyl groups excluding tert-OH is 1. The number of rotatable bonds is 1. The number of hydrogen-bond donors (Lipinski definition) is 3. The average molecular weight is 312 g/mol. The van der Waals surface area contributed by atoms with E-state index in [1.165, 1.54) is 0 Å². The fourth-order valence-corrected chi connectivity index (χ4v) is 3.60. The van der Waals surface area contributed by atoms with Crippen molar-refractivity contribution in [1.82, 2.24) is 0 Å². The summed E-state index contributed by atoms with van der Waals surface area (Å²) in [5, 5.41) is 31.6. The van der Waals surface area contributed by atoms with Crippen molar-refractivity contribution in [2.75, 3.05) is 0 Å². The first-order valence-electron chi connectivity index (χ1n) is 7.67. The maximum absolute atomic E-state index is 12.3. The minimum Gasteiger partial charge on any atom is -0.488 e. The van der Waals surface area contributed by atoms with E-state index in [0.29, 0.717) is 5.57 Å². The second-order valence-corrected chi connectivity index (χ2v) is 7.87. The molecule has 22 heavy (non-hydrogen) atoms. The molecule has 0 unspecified atom stereocenters. The van der Waals surface area contributed by atoms with Crippen LogP contribution < -0.4 is 0 Å². The molecular weight excluding hydrogens is 288 g/mol. The van der Waals surface area contributed by atoms with Gasteiger partial charge < -0.3 is 24.8 Å². The lowest BCUT2D eigenvalue weighted by Gasteiger charge is -2.44. The molecule has 0 bridgehead atoms. The molecule has 0 spiro atoms. The zero-order valence-electron chi connectivity index (χ0n) is 13.4. The molecule has 3 aliphatic rings. The predicted molar refractivity (Wildman–Crippen MR) is 77.0 cm³/mol. The normalized spacial score (nSPS) is 41.0. The van der Waals surface area contributed by atoms with Gasteiger partial charge in [-0.15, -0.1) is 0 Å². The molecule has 6 heteroatoms. The molecule has 6 nitrogen and oxygen atoms in total. The second kappa shape index (κ2) is 4.54. The monoisotopic (exact) mass is 312 g/mol. The summed E-state index contributed by atoms with van der Waals surface area (Å²) in [7, 11) is 0. The van der Waals surface area contributed by atoms with Crippen LogP contribution in [-0.4, -0.2) is 56.2 Å². The van der Waals surface area contributed by atoms with Crippen molar-refractivity contribution >= 4 is 5.78 Å². The molecule has 2 heterocycles. The quantitative estimate of drug-likeness (QED) is 0.650. The maximum Gasteiger partial charge on any atom is 0.166 e. The standard InChI is InChI=1S/C16H24O6/c1-14(2)6-9(17)8-5-10-16(20,13(18)12(8)22-14)7-11(21-10)15(3,4)19/h10-11,13,18-20H,5-7H2,1-4H3/t10-,11+,13-,16-/m0/s1. The Morgan fingerprint density at radius 2 is 1.95 bits per heavy atom. The third-order valence-electron chi connectivity index (χ3n) is 4.90. The average Bonchev–Trinajstić information content (AvgIpc) is 2.69. The van der Waals surface area contributed by atoms with Crippen molar-refractivity contribution in [3.05, 3.63) is 11.3 Å². The van der Waals surface area contributed by atoms with Crippen LogP contribution in [0.3, 0.4) is 0 Å². The Balaban J connectivity index is 1.96. The molecule has 1 fully saturated rings. The molecule has 0 aromatic rings. The largest absolute Gasteiger partial charge is 0.488 e. The van der Waals surface area contributed by atoms with Crippen LogP contribution in [0.25, 0.3) is 0 Å². The number of hydrogen-bond acceptors (Lipinski definition) is 6. The lowest BCUT2D eigenvalue weighted by Crippen LogP contribution is -2.56. The summed E-state index contributed by atoms with van der Waals surface area (Å²) in [6.07, 6.45) is -2.12. The smallest absolute Gasteiger partial charge is 0.166 e. The Morgan fingerprint density at radius 1 is 1.32 bits per heavy atom. The number of carbonyl (C=O) groups excluding carboxylic acids is 1. The first-order valence-corrected chi connectivity index (χ1v) is 7.67. The lowest BCUT2D eigenvalue weighted by molar-refractivity contribution is -0.156. The van der Waals surface area contributed by atoms with E-state index in [4.69, 9.17) is 9.47 Å². The van der Waals surface area contributed by atoms with Crippen LogP contribution in [0.5, 0.6) is 0 Å². The van der Waals surface area contributed by atoms with Gasteiger partial charge in [0.2, 0.25) is 0 Å². The predicted octanol–water partition coefficient (Wildman–Crippen LogP) is 0.433. The molecule has 3 rings (SSSR count). The summed E-state index contributed by atoms with van der Waals surface area (Å²) in [6.45, 7) is 6.76. The van der Waals surface area contributed by atoms with Gasteiger partial charge >= 0.3 is 0 Å². The lowest BCUT2D eigenvalue weighted by atomic mass is 9.74. The molecule has 0 saturated carbocycles. The van der Waals surface area contributed by atoms with Crippen LogP contribution in [0.1, 0.15) is 47.0 Å². The number of carbonyl (C=O) groups is 1. The Hall–Kier alpha value is -0.950. The SMILES string of the molecule is CC1(C)CC(=O)C2=C(O1)[C@H](O)[C@]1(O)C[C@H](C(C)(C)O)O[C@H]1C2. The molecule has 3 N–H and O–H groups in total. The molecule has 1 saturated heterocycles. The topological polar surface area (TPSA) is 96.2 Å². The van der Waals surface area contributed by atoms with Crippen molar-refractivity contribution in [2.24, 2.45) is 0 Å². The van der Waals surface area contributed by atoms with Crippen molar-refractivity contribution in [2.45, 2.75) is 82.1 Å². The van der Waals surface area contributed by atoms with Crippen molar-refractivity contribution in [3.63, 3.8) is 0 Å². The van der Waals surface area contributed by atoms with Gasteiger partial charge in [-0.1, -0.05) is 0 Å². The van der Waals surface area contributed by atoms with Crippen LogP contribution in [0.4, 0.5) is 0 Å². The Bertz CT molecular complexity index is 543. The van der Waals surface area contributed by atoms with Crippen LogP contribution >= 0.6 is 0 Å². The molecule has 124 valence electrons. The first kappa shape index (κ1) is 15.9. The zero-order chi connectivity index (χ0) is 16.5. The maximum atomic E-state index is 12.3. The number of fused-ring (bicyclic) bond motifs is 1. The Kier molecular flexibility index (Phi) is 3.28. The van der Waals surface area contributed by atoms with Gasteiger partial charge in [-0.3, -0.25) is 4.79 Å². The Labute approximate surface area is 129 Å².